The molecule has 4 rings (SSSR count). The van der Waals surface area contributed by atoms with Gasteiger partial charge in [0.2, 0.25) is 0 Å². The fourth-order valence-electron chi connectivity index (χ4n) is 3.14. The highest BCUT2D eigenvalue weighted by Gasteiger charge is 2.23. The van der Waals surface area contributed by atoms with Gasteiger partial charge in [-0.25, -0.2) is 9.78 Å². The molecule has 0 atom stereocenters. The van der Waals surface area contributed by atoms with Crippen LogP contribution in [0.3, 0.4) is 0 Å². The van der Waals surface area contributed by atoms with Gasteiger partial charge in [0, 0.05) is 5.56 Å². The summed E-state index contributed by atoms with van der Waals surface area (Å²) in [5, 5.41) is 4.46. The van der Waals surface area contributed by atoms with Crippen molar-refractivity contribution in [3.63, 3.8) is 0 Å². The Hall–Kier alpha value is -3.61. The van der Waals surface area contributed by atoms with Crippen LogP contribution in [-0.2, 0) is 0 Å². The Morgan fingerprint density at radius 1 is 1.07 bits per heavy atom. The van der Waals surface area contributed by atoms with E-state index in [4.69, 9.17) is 18.4 Å². The number of furan rings is 1. The lowest BCUT2D eigenvalue weighted by molar-refractivity contribution is 0.0731. The fraction of sp³-hybridized carbons (Fsp3) is 0.190. The van der Waals surface area contributed by atoms with Crippen molar-refractivity contribution in [3.8, 4) is 22.8 Å². The highest BCUT2D eigenvalue weighted by molar-refractivity contribution is 6.05. The fourth-order valence-corrected chi connectivity index (χ4v) is 3.14. The normalized spacial score (nSPS) is 11.0. The number of hydrogen-bond donors (Lipinski definition) is 0. The van der Waals surface area contributed by atoms with Crippen molar-refractivity contribution >= 4 is 17.1 Å². The zero-order chi connectivity index (χ0) is 19.8. The van der Waals surface area contributed by atoms with E-state index in [0.29, 0.717) is 39.6 Å². The van der Waals surface area contributed by atoms with Crippen molar-refractivity contribution in [1.29, 1.82) is 0 Å². The van der Waals surface area contributed by atoms with Gasteiger partial charge in [-0.1, -0.05) is 17.3 Å². The third-order valence-electron chi connectivity index (χ3n) is 4.43. The van der Waals surface area contributed by atoms with E-state index >= 15 is 0 Å². The van der Waals surface area contributed by atoms with Gasteiger partial charge < -0.3 is 18.4 Å². The van der Waals surface area contributed by atoms with E-state index in [2.05, 4.69) is 10.1 Å². The maximum atomic E-state index is 13.0. The Bertz CT molecular complexity index is 1190. The smallest absolute Gasteiger partial charge is 0.344 e. The Balaban J connectivity index is 1.84. The van der Waals surface area contributed by atoms with Crippen LogP contribution in [0.15, 0.2) is 45.3 Å². The second kappa shape index (κ2) is 6.84. The molecule has 28 heavy (non-hydrogen) atoms. The van der Waals surface area contributed by atoms with Crippen LogP contribution in [0, 0.1) is 20.8 Å². The zero-order valence-electron chi connectivity index (χ0n) is 15.9. The SMILES string of the molecule is COc1ccccc1OC(=O)c1cc(-c2cc(C)oc2C)nc2onc(C)c12. The van der Waals surface area contributed by atoms with Crippen LogP contribution in [0.4, 0.5) is 0 Å². The van der Waals surface area contributed by atoms with Gasteiger partial charge >= 0.3 is 5.97 Å². The molecular weight excluding hydrogens is 360 g/mol. The highest BCUT2D eigenvalue weighted by Crippen LogP contribution is 2.32. The number of nitrogens with zero attached hydrogens (tertiary/aromatic N) is 2. The molecule has 0 saturated heterocycles. The zero-order valence-corrected chi connectivity index (χ0v) is 15.9. The molecule has 7 nitrogen and oxygen atoms in total. The first kappa shape index (κ1) is 17.8. The number of carbonyl (C=O) groups excluding carboxylic acids is 1. The van der Waals surface area contributed by atoms with Crippen LogP contribution in [0.1, 0.15) is 27.6 Å². The average Bonchev–Trinajstić information content (AvgIpc) is 3.23. The minimum atomic E-state index is -0.553. The molecular formula is C21H18N2O5. The largest absolute Gasteiger partial charge is 0.493 e. The number of para-hydroxylation sites is 2. The molecule has 0 spiro atoms. The van der Waals surface area contributed by atoms with Crippen molar-refractivity contribution < 1.29 is 23.2 Å². The first-order valence-electron chi connectivity index (χ1n) is 8.67. The molecule has 1 aromatic carbocycles. The van der Waals surface area contributed by atoms with Crippen LogP contribution in [-0.4, -0.2) is 23.2 Å². The number of ether oxygens (including phenoxy) is 2. The van der Waals surface area contributed by atoms with Crippen molar-refractivity contribution in [3.05, 3.63) is 59.2 Å². The molecule has 0 N–H and O–H groups in total. The number of hydrogen-bond acceptors (Lipinski definition) is 7. The van der Waals surface area contributed by atoms with Gasteiger partial charge in [0.25, 0.3) is 5.71 Å². The molecule has 7 heteroatoms. The molecule has 0 aliphatic heterocycles. The summed E-state index contributed by atoms with van der Waals surface area (Å²) >= 11 is 0. The number of carbonyl (C=O) groups is 1. The Kier molecular flexibility index (Phi) is 4.35. The van der Waals surface area contributed by atoms with Crippen molar-refractivity contribution in [2.75, 3.05) is 7.11 Å². The van der Waals surface area contributed by atoms with Crippen LogP contribution < -0.4 is 9.47 Å². The number of fused-ring (bicyclic) bond motifs is 1. The van der Waals surface area contributed by atoms with E-state index < -0.39 is 5.97 Å². The maximum Gasteiger partial charge on any atom is 0.344 e. The van der Waals surface area contributed by atoms with Crippen molar-refractivity contribution in [1.82, 2.24) is 10.1 Å². The summed E-state index contributed by atoms with van der Waals surface area (Å²) in [7, 11) is 1.52. The first-order chi connectivity index (χ1) is 13.5. The van der Waals surface area contributed by atoms with E-state index in [9.17, 15) is 4.79 Å². The minimum Gasteiger partial charge on any atom is -0.493 e. The molecule has 0 saturated carbocycles. The van der Waals surface area contributed by atoms with Gasteiger partial charge in [-0.05, 0) is 45.0 Å². The summed E-state index contributed by atoms with van der Waals surface area (Å²) in [4.78, 5) is 17.5. The number of pyridine rings is 1. The second-order valence-electron chi connectivity index (χ2n) is 6.37. The topological polar surface area (TPSA) is 87.6 Å². The Morgan fingerprint density at radius 3 is 2.50 bits per heavy atom. The number of benzene rings is 1. The molecule has 0 bridgehead atoms. The van der Waals surface area contributed by atoms with Gasteiger partial charge in [-0.3, -0.25) is 0 Å². The summed E-state index contributed by atoms with van der Waals surface area (Å²) in [6.07, 6.45) is 0. The molecule has 0 radical (unpaired) electrons. The standard InChI is InChI=1S/C21H18N2O5/c1-11-9-14(13(3)26-11)16-10-15(19-12(2)23-28-20(19)22-16)21(24)27-18-8-6-5-7-17(18)25-4/h5-10H,1-4H3. The van der Waals surface area contributed by atoms with E-state index in [1.807, 2.05) is 19.9 Å². The number of rotatable bonds is 4. The highest BCUT2D eigenvalue weighted by atomic mass is 16.6. The van der Waals surface area contributed by atoms with Crippen LogP contribution in [0.5, 0.6) is 11.5 Å². The molecule has 4 aromatic rings. The first-order valence-corrected chi connectivity index (χ1v) is 8.67. The summed E-state index contributed by atoms with van der Waals surface area (Å²) in [6, 6.07) is 10.5. The maximum absolute atomic E-state index is 13.0. The molecule has 0 amide bonds. The van der Waals surface area contributed by atoms with Gasteiger partial charge in [-0.15, -0.1) is 0 Å². The summed E-state index contributed by atoms with van der Waals surface area (Å²) in [5.41, 5.74) is 2.45. The third-order valence-corrected chi connectivity index (χ3v) is 4.43. The molecule has 0 aliphatic rings. The van der Waals surface area contributed by atoms with E-state index in [-0.39, 0.29) is 5.71 Å². The van der Waals surface area contributed by atoms with Crippen molar-refractivity contribution in [2.45, 2.75) is 20.8 Å². The van der Waals surface area contributed by atoms with E-state index in [1.54, 1.807) is 37.3 Å². The van der Waals surface area contributed by atoms with Crippen molar-refractivity contribution in [2.24, 2.45) is 0 Å². The second-order valence-corrected chi connectivity index (χ2v) is 6.37. The Labute approximate surface area is 160 Å². The van der Waals surface area contributed by atoms with Crippen LogP contribution >= 0.6 is 0 Å². The molecule has 0 unspecified atom stereocenters. The number of aromatic nitrogens is 2. The summed E-state index contributed by atoms with van der Waals surface area (Å²) in [6.45, 7) is 5.44. The summed E-state index contributed by atoms with van der Waals surface area (Å²) in [5.74, 6) is 1.68. The quantitative estimate of drug-likeness (QED) is 0.378. The lowest BCUT2D eigenvalue weighted by Crippen LogP contribution is -2.10. The van der Waals surface area contributed by atoms with E-state index in [1.165, 1.54) is 7.11 Å². The molecule has 0 aliphatic carbocycles. The lowest BCUT2D eigenvalue weighted by Gasteiger charge is -2.10. The number of methoxy groups -OCH3 is 1. The predicted octanol–water partition coefficient (Wildman–Crippen LogP) is 4.64. The predicted molar refractivity (Wildman–Crippen MR) is 102 cm³/mol. The number of esters is 1. The van der Waals surface area contributed by atoms with Gasteiger partial charge in [-0.2, -0.15) is 0 Å². The van der Waals surface area contributed by atoms with E-state index in [0.717, 1.165) is 11.3 Å². The van der Waals surface area contributed by atoms with Crippen LogP contribution in [0.25, 0.3) is 22.4 Å². The monoisotopic (exact) mass is 378 g/mol. The molecule has 3 aromatic heterocycles. The molecule has 142 valence electrons. The van der Waals surface area contributed by atoms with Crippen LogP contribution in [0.2, 0.25) is 0 Å². The summed E-state index contributed by atoms with van der Waals surface area (Å²) < 4.78 is 21.8. The van der Waals surface area contributed by atoms with Gasteiger partial charge in [0.1, 0.15) is 11.5 Å². The number of aryl methyl sites for hydroxylation is 3. The average molecular weight is 378 g/mol. The third kappa shape index (κ3) is 3.00. The van der Waals surface area contributed by atoms with Gasteiger partial charge in [0.05, 0.1) is 29.4 Å². The minimum absolute atomic E-state index is 0.264. The lowest BCUT2D eigenvalue weighted by atomic mass is 10.1. The molecule has 3 heterocycles. The molecule has 0 fully saturated rings. The van der Waals surface area contributed by atoms with Gasteiger partial charge in [0.15, 0.2) is 11.5 Å². The Morgan fingerprint density at radius 2 is 1.82 bits per heavy atom.